The van der Waals surface area contributed by atoms with E-state index < -0.39 is 0 Å². The highest BCUT2D eigenvalue weighted by atomic mass is 16.6. The number of epoxide rings is 1. The highest BCUT2D eigenvalue weighted by Crippen LogP contribution is 2.67. The minimum atomic E-state index is -0.318. The molecule has 1 unspecified atom stereocenters. The van der Waals surface area contributed by atoms with Crippen LogP contribution in [0.15, 0.2) is 11.6 Å². The van der Waals surface area contributed by atoms with Gasteiger partial charge in [0.25, 0.3) is 0 Å². The number of hydrogen-bond acceptors (Lipinski definition) is 3. The first-order valence-corrected chi connectivity index (χ1v) is 13.3. The number of hydrogen-bond donors (Lipinski definition) is 2. The molecule has 0 aromatic rings. The number of aliphatic hydroxyl groups excluding tert-OH is 2. The minimum absolute atomic E-state index is 0.172. The van der Waals surface area contributed by atoms with Crippen LogP contribution in [0.4, 0.5) is 0 Å². The van der Waals surface area contributed by atoms with Gasteiger partial charge in [0.15, 0.2) is 0 Å². The Hall–Kier alpha value is -0.380. The Morgan fingerprint density at radius 1 is 1.03 bits per heavy atom. The molecular weight excluding hydrogens is 384 g/mol. The molecule has 3 saturated carbocycles. The Morgan fingerprint density at radius 2 is 1.77 bits per heavy atom. The van der Waals surface area contributed by atoms with E-state index in [0.29, 0.717) is 29.1 Å². The summed E-state index contributed by atoms with van der Waals surface area (Å²) in [4.78, 5) is 0. The molecule has 0 bridgehead atoms. The fourth-order valence-electron chi connectivity index (χ4n) is 9.14. The molecular formula is C28H46O3. The van der Waals surface area contributed by atoms with Crippen molar-refractivity contribution in [3.63, 3.8) is 0 Å². The van der Waals surface area contributed by atoms with E-state index in [1.54, 1.807) is 0 Å². The quantitative estimate of drug-likeness (QED) is 0.432. The fourth-order valence-corrected chi connectivity index (χ4v) is 9.14. The Labute approximate surface area is 190 Å². The summed E-state index contributed by atoms with van der Waals surface area (Å²) < 4.78 is 5.90. The largest absolute Gasteiger partial charge is 0.393 e. The van der Waals surface area contributed by atoms with Crippen LogP contribution < -0.4 is 0 Å². The van der Waals surface area contributed by atoms with E-state index in [2.05, 4.69) is 40.7 Å². The van der Waals surface area contributed by atoms with Crippen molar-refractivity contribution in [1.29, 1.82) is 0 Å². The van der Waals surface area contributed by atoms with Gasteiger partial charge >= 0.3 is 0 Å². The highest BCUT2D eigenvalue weighted by Gasteiger charge is 2.61. The van der Waals surface area contributed by atoms with E-state index in [-0.39, 0.29) is 23.2 Å². The molecule has 0 spiro atoms. The maximum atomic E-state index is 11.3. The van der Waals surface area contributed by atoms with Crippen molar-refractivity contribution in [2.24, 2.45) is 46.3 Å². The molecule has 31 heavy (non-hydrogen) atoms. The Balaban J connectivity index is 1.34. The zero-order valence-corrected chi connectivity index (χ0v) is 20.6. The third-order valence-electron chi connectivity index (χ3n) is 11.5. The summed E-state index contributed by atoms with van der Waals surface area (Å²) in [6.45, 7) is 13.1. The number of aliphatic hydroxyl groups is 2. The fraction of sp³-hybridized carbons (Fsp3) is 0.929. The van der Waals surface area contributed by atoms with Crippen LogP contribution in [0, 0.1) is 46.3 Å². The van der Waals surface area contributed by atoms with Gasteiger partial charge in [-0.25, -0.2) is 0 Å². The normalized spacial score (nSPS) is 52.2. The van der Waals surface area contributed by atoms with E-state index in [4.69, 9.17) is 4.74 Å². The van der Waals surface area contributed by atoms with Crippen molar-refractivity contribution >= 4 is 0 Å². The second-order valence-corrected chi connectivity index (χ2v) is 13.0. The van der Waals surface area contributed by atoms with Crippen LogP contribution in [0.1, 0.15) is 92.4 Å². The lowest BCUT2D eigenvalue weighted by molar-refractivity contribution is -0.0972. The second-order valence-electron chi connectivity index (χ2n) is 13.0. The zero-order chi connectivity index (χ0) is 22.2. The molecule has 0 amide bonds. The average molecular weight is 431 g/mol. The predicted octanol–water partition coefficient (Wildman–Crippen LogP) is 5.74. The summed E-state index contributed by atoms with van der Waals surface area (Å²) in [7, 11) is 0. The summed E-state index contributed by atoms with van der Waals surface area (Å²) in [6, 6.07) is 0. The first-order chi connectivity index (χ1) is 14.6. The lowest BCUT2D eigenvalue weighted by Gasteiger charge is -2.59. The summed E-state index contributed by atoms with van der Waals surface area (Å²) in [5.41, 5.74) is 2.09. The third kappa shape index (κ3) is 3.39. The molecule has 3 nitrogen and oxygen atoms in total. The lowest BCUT2D eigenvalue weighted by Crippen LogP contribution is -2.55. The SMILES string of the molecule is CC(C)C1(CC[C@@H](C)[C@H]2CC[C@H]3[C@@H]4[C@H](O)C=C5C[C@@H](O)CC[C@]5(C)[C@H]4CC[C@]23C)CO1. The molecule has 1 aliphatic heterocycles. The van der Waals surface area contributed by atoms with Crippen LogP contribution in [0.5, 0.6) is 0 Å². The maximum absolute atomic E-state index is 11.3. The average Bonchev–Trinajstić information content (AvgIpc) is 3.43. The van der Waals surface area contributed by atoms with E-state index in [0.717, 1.165) is 37.7 Å². The highest BCUT2D eigenvalue weighted by molar-refractivity contribution is 5.28. The molecule has 4 aliphatic carbocycles. The molecule has 176 valence electrons. The van der Waals surface area contributed by atoms with Crippen LogP contribution in [-0.4, -0.2) is 34.6 Å². The molecule has 2 N–H and O–H groups in total. The van der Waals surface area contributed by atoms with E-state index in [1.165, 1.54) is 44.1 Å². The maximum Gasteiger partial charge on any atom is 0.0939 e. The van der Waals surface area contributed by atoms with Crippen molar-refractivity contribution in [3.05, 3.63) is 11.6 Å². The Morgan fingerprint density at radius 3 is 2.45 bits per heavy atom. The summed E-state index contributed by atoms with van der Waals surface area (Å²) in [5, 5.41) is 21.6. The second kappa shape index (κ2) is 7.57. The van der Waals surface area contributed by atoms with Crippen molar-refractivity contribution in [1.82, 2.24) is 0 Å². The Kier molecular flexibility index (Phi) is 5.47. The van der Waals surface area contributed by atoms with Crippen molar-refractivity contribution in [2.75, 3.05) is 6.61 Å². The number of ether oxygens (including phenoxy) is 1. The van der Waals surface area contributed by atoms with Crippen LogP contribution in [-0.2, 0) is 4.74 Å². The van der Waals surface area contributed by atoms with Gasteiger partial charge in [0.2, 0.25) is 0 Å². The van der Waals surface area contributed by atoms with Crippen molar-refractivity contribution < 1.29 is 14.9 Å². The minimum Gasteiger partial charge on any atom is -0.393 e. The van der Waals surface area contributed by atoms with Gasteiger partial charge in [0, 0.05) is 0 Å². The Bertz CT molecular complexity index is 724. The molecule has 0 aromatic carbocycles. The van der Waals surface area contributed by atoms with Gasteiger partial charge in [-0.1, -0.05) is 46.3 Å². The van der Waals surface area contributed by atoms with Crippen molar-refractivity contribution in [3.8, 4) is 0 Å². The lowest BCUT2D eigenvalue weighted by atomic mass is 9.46. The van der Waals surface area contributed by atoms with Crippen LogP contribution >= 0.6 is 0 Å². The van der Waals surface area contributed by atoms with Gasteiger partial charge in [-0.15, -0.1) is 0 Å². The molecule has 4 fully saturated rings. The molecule has 0 radical (unpaired) electrons. The molecule has 5 rings (SSSR count). The molecule has 1 heterocycles. The first-order valence-electron chi connectivity index (χ1n) is 13.3. The summed E-state index contributed by atoms with van der Waals surface area (Å²) in [5.74, 6) is 3.78. The van der Waals surface area contributed by atoms with Gasteiger partial charge < -0.3 is 14.9 Å². The van der Waals surface area contributed by atoms with Crippen LogP contribution in [0.2, 0.25) is 0 Å². The van der Waals surface area contributed by atoms with Gasteiger partial charge in [-0.3, -0.25) is 0 Å². The van der Waals surface area contributed by atoms with Gasteiger partial charge in [0.05, 0.1) is 24.4 Å². The smallest absolute Gasteiger partial charge is 0.0939 e. The first kappa shape index (κ1) is 22.4. The van der Waals surface area contributed by atoms with Crippen molar-refractivity contribution in [2.45, 2.75) is 110 Å². The van der Waals surface area contributed by atoms with E-state index in [1.807, 2.05) is 0 Å². The summed E-state index contributed by atoms with van der Waals surface area (Å²) >= 11 is 0. The van der Waals surface area contributed by atoms with Gasteiger partial charge in [0.1, 0.15) is 0 Å². The third-order valence-corrected chi connectivity index (χ3v) is 11.5. The van der Waals surface area contributed by atoms with Crippen LogP contribution in [0.25, 0.3) is 0 Å². The van der Waals surface area contributed by atoms with Gasteiger partial charge in [-0.05, 0) is 104 Å². The zero-order valence-electron chi connectivity index (χ0n) is 20.6. The molecule has 1 saturated heterocycles. The summed E-state index contributed by atoms with van der Waals surface area (Å²) in [6.07, 6.45) is 12.1. The molecule has 5 aliphatic rings. The van der Waals surface area contributed by atoms with E-state index in [9.17, 15) is 10.2 Å². The molecule has 3 heteroatoms. The number of rotatable bonds is 5. The standard InChI is InChI=1S/C28H46O3/c1-17(2)28(16-31-28)13-8-18(3)21-6-7-22-25-23(10-12-27(21,22)5)26(4)11-9-20(29)14-19(26)15-24(25)30/h15,17-18,20-25,29-30H,6-14,16H2,1-5H3/t18-,20+,21-,22+,23+,24-,25+,26+,27-,28?/m1/s1. The predicted molar refractivity (Wildman–Crippen MR) is 125 cm³/mol. The van der Waals surface area contributed by atoms with E-state index >= 15 is 0 Å². The van der Waals surface area contributed by atoms with Gasteiger partial charge in [-0.2, -0.15) is 0 Å². The molecule has 10 atom stereocenters. The number of fused-ring (bicyclic) bond motifs is 5. The van der Waals surface area contributed by atoms with Crippen LogP contribution in [0.3, 0.4) is 0 Å². The molecule has 0 aromatic heterocycles. The monoisotopic (exact) mass is 430 g/mol. The topological polar surface area (TPSA) is 53.0 Å².